The second kappa shape index (κ2) is 6.68. The molecule has 19 heavy (non-hydrogen) atoms. The highest BCUT2D eigenvalue weighted by Crippen LogP contribution is 2.13. The topological polar surface area (TPSA) is 49.8 Å². The van der Waals surface area contributed by atoms with Crippen molar-refractivity contribution >= 4 is 5.78 Å². The van der Waals surface area contributed by atoms with E-state index in [1.54, 1.807) is 24.3 Å². The van der Waals surface area contributed by atoms with Gasteiger partial charge in [0, 0.05) is 12.1 Å². The number of hydrogen-bond acceptors (Lipinski definition) is 4. The molecule has 2 rings (SSSR count). The second-order valence-electron chi connectivity index (χ2n) is 5.05. The van der Waals surface area contributed by atoms with E-state index in [-0.39, 0.29) is 12.4 Å². The van der Waals surface area contributed by atoms with Crippen LogP contribution >= 0.6 is 0 Å². The van der Waals surface area contributed by atoms with Crippen molar-refractivity contribution in [1.29, 1.82) is 0 Å². The molecule has 1 aliphatic rings. The number of likely N-dealkylation sites (tertiary alicyclic amines) is 1. The standard InChI is InChI=1S/C15H21NO3/c1-12(17)13-4-6-15(7-5-13)19-11-14(18)10-16-8-2-3-9-16/h4-7,14,18H,2-3,8-11H2,1H3/t14-/m1/s1. The van der Waals surface area contributed by atoms with E-state index in [2.05, 4.69) is 4.90 Å². The van der Waals surface area contributed by atoms with E-state index in [1.807, 2.05) is 0 Å². The Bertz CT molecular complexity index is 410. The molecular weight excluding hydrogens is 242 g/mol. The summed E-state index contributed by atoms with van der Waals surface area (Å²) >= 11 is 0. The quantitative estimate of drug-likeness (QED) is 0.794. The summed E-state index contributed by atoms with van der Waals surface area (Å²) in [6.45, 7) is 4.64. The Balaban J connectivity index is 1.76. The van der Waals surface area contributed by atoms with E-state index in [0.717, 1.165) is 13.1 Å². The minimum atomic E-state index is -0.467. The molecule has 0 saturated carbocycles. The highest BCUT2D eigenvalue weighted by Gasteiger charge is 2.16. The first-order valence-electron chi connectivity index (χ1n) is 6.79. The highest BCUT2D eigenvalue weighted by molar-refractivity contribution is 5.94. The molecule has 0 bridgehead atoms. The number of hydrogen-bond donors (Lipinski definition) is 1. The summed E-state index contributed by atoms with van der Waals surface area (Å²) in [6.07, 6.45) is 1.98. The van der Waals surface area contributed by atoms with E-state index in [1.165, 1.54) is 19.8 Å². The summed E-state index contributed by atoms with van der Waals surface area (Å²) in [5.41, 5.74) is 0.671. The van der Waals surface area contributed by atoms with Gasteiger partial charge in [-0.05, 0) is 57.1 Å². The zero-order valence-corrected chi connectivity index (χ0v) is 11.3. The molecule has 1 heterocycles. The Morgan fingerprint density at radius 2 is 1.95 bits per heavy atom. The van der Waals surface area contributed by atoms with Crippen molar-refractivity contribution in [2.45, 2.75) is 25.9 Å². The van der Waals surface area contributed by atoms with Gasteiger partial charge >= 0.3 is 0 Å². The molecule has 1 aromatic rings. The van der Waals surface area contributed by atoms with Crippen LogP contribution in [-0.2, 0) is 0 Å². The number of rotatable bonds is 6. The van der Waals surface area contributed by atoms with Gasteiger partial charge in [0.25, 0.3) is 0 Å². The van der Waals surface area contributed by atoms with Crippen LogP contribution in [0.3, 0.4) is 0 Å². The fourth-order valence-electron chi connectivity index (χ4n) is 2.29. The van der Waals surface area contributed by atoms with E-state index in [9.17, 15) is 9.90 Å². The smallest absolute Gasteiger partial charge is 0.159 e. The van der Waals surface area contributed by atoms with Gasteiger partial charge in [0.2, 0.25) is 0 Å². The minimum Gasteiger partial charge on any atom is -0.491 e. The maximum Gasteiger partial charge on any atom is 0.159 e. The summed E-state index contributed by atoms with van der Waals surface area (Å²) in [6, 6.07) is 7.01. The lowest BCUT2D eigenvalue weighted by atomic mass is 10.1. The normalized spacial score (nSPS) is 17.4. The Labute approximate surface area is 114 Å². The number of carbonyl (C=O) groups is 1. The number of aliphatic hydroxyl groups excluding tert-OH is 1. The molecule has 1 N–H and O–H groups in total. The zero-order valence-electron chi connectivity index (χ0n) is 11.3. The van der Waals surface area contributed by atoms with Crippen molar-refractivity contribution in [1.82, 2.24) is 4.90 Å². The van der Waals surface area contributed by atoms with Crippen LogP contribution in [0.25, 0.3) is 0 Å². The molecule has 0 aliphatic carbocycles. The van der Waals surface area contributed by atoms with Gasteiger partial charge in [0.05, 0.1) is 0 Å². The highest BCUT2D eigenvalue weighted by atomic mass is 16.5. The van der Waals surface area contributed by atoms with E-state index < -0.39 is 6.10 Å². The fourth-order valence-corrected chi connectivity index (χ4v) is 2.29. The molecule has 104 valence electrons. The lowest BCUT2D eigenvalue weighted by molar-refractivity contribution is 0.0758. The monoisotopic (exact) mass is 263 g/mol. The third kappa shape index (κ3) is 4.33. The van der Waals surface area contributed by atoms with Crippen LogP contribution in [0.4, 0.5) is 0 Å². The first-order chi connectivity index (χ1) is 9.15. The molecule has 0 amide bonds. The maximum absolute atomic E-state index is 11.1. The predicted octanol–water partition coefficient (Wildman–Crippen LogP) is 1.72. The van der Waals surface area contributed by atoms with Gasteiger partial charge in [-0.2, -0.15) is 0 Å². The van der Waals surface area contributed by atoms with Crippen LogP contribution in [0.5, 0.6) is 5.75 Å². The van der Waals surface area contributed by atoms with Crippen LogP contribution in [0.2, 0.25) is 0 Å². The first-order valence-corrected chi connectivity index (χ1v) is 6.79. The third-order valence-electron chi connectivity index (χ3n) is 3.37. The van der Waals surface area contributed by atoms with Gasteiger partial charge in [-0.3, -0.25) is 4.79 Å². The minimum absolute atomic E-state index is 0.0422. The first kappa shape index (κ1) is 14.0. The summed E-state index contributed by atoms with van der Waals surface area (Å²) in [5.74, 6) is 0.728. The fraction of sp³-hybridized carbons (Fsp3) is 0.533. The average Bonchev–Trinajstić information content (AvgIpc) is 2.89. The molecule has 1 fully saturated rings. The Hall–Kier alpha value is -1.39. The second-order valence-corrected chi connectivity index (χ2v) is 5.05. The number of β-amino-alcohol motifs (C(OH)–C–C–N with tert-alkyl or cyclic N) is 1. The van der Waals surface area contributed by atoms with Crippen molar-refractivity contribution in [3.63, 3.8) is 0 Å². The maximum atomic E-state index is 11.1. The summed E-state index contributed by atoms with van der Waals surface area (Å²) in [7, 11) is 0. The molecule has 1 aromatic carbocycles. The Morgan fingerprint density at radius 1 is 1.32 bits per heavy atom. The molecule has 0 unspecified atom stereocenters. The molecular formula is C15H21NO3. The molecule has 1 atom stereocenters. The van der Waals surface area contributed by atoms with E-state index in [0.29, 0.717) is 17.9 Å². The number of nitrogens with zero attached hydrogens (tertiary/aromatic N) is 1. The lowest BCUT2D eigenvalue weighted by Gasteiger charge is -2.19. The van der Waals surface area contributed by atoms with Crippen LogP contribution in [0, 0.1) is 0 Å². The van der Waals surface area contributed by atoms with Crippen molar-refractivity contribution in [2.24, 2.45) is 0 Å². The van der Waals surface area contributed by atoms with Gasteiger partial charge in [0.15, 0.2) is 5.78 Å². The molecule has 4 heteroatoms. The average molecular weight is 263 g/mol. The Kier molecular flexibility index (Phi) is 4.93. The number of carbonyl (C=O) groups excluding carboxylic acids is 1. The summed E-state index contributed by atoms with van der Waals surface area (Å²) < 4.78 is 5.52. The number of benzene rings is 1. The van der Waals surface area contributed by atoms with E-state index >= 15 is 0 Å². The SMILES string of the molecule is CC(=O)c1ccc(OC[C@H](O)CN2CCCC2)cc1. The Morgan fingerprint density at radius 3 is 2.53 bits per heavy atom. The molecule has 0 spiro atoms. The van der Waals surface area contributed by atoms with Gasteiger partial charge in [-0.25, -0.2) is 0 Å². The van der Waals surface area contributed by atoms with Crippen molar-refractivity contribution < 1.29 is 14.6 Å². The largest absolute Gasteiger partial charge is 0.491 e. The number of Topliss-reactive ketones (excluding diaryl/α,β-unsaturated/α-hetero) is 1. The molecule has 1 saturated heterocycles. The number of ether oxygens (including phenoxy) is 1. The van der Waals surface area contributed by atoms with Crippen LogP contribution in [0.15, 0.2) is 24.3 Å². The predicted molar refractivity (Wildman–Crippen MR) is 73.6 cm³/mol. The van der Waals surface area contributed by atoms with Crippen molar-refractivity contribution in [2.75, 3.05) is 26.2 Å². The number of ketones is 1. The van der Waals surface area contributed by atoms with Crippen LogP contribution in [-0.4, -0.2) is 48.1 Å². The summed E-state index contributed by atoms with van der Waals surface area (Å²) in [5, 5.41) is 9.89. The lowest BCUT2D eigenvalue weighted by Crippen LogP contribution is -2.33. The van der Waals surface area contributed by atoms with E-state index in [4.69, 9.17) is 4.74 Å². The van der Waals surface area contributed by atoms with Crippen molar-refractivity contribution in [3.8, 4) is 5.75 Å². The van der Waals surface area contributed by atoms with Crippen LogP contribution in [0.1, 0.15) is 30.1 Å². The molecule has 1 aliphatic heterocycles. The number of aliphatic hydroxyl groups is 1. The zero-order chi connectivity index (χ0) is 13.7. The molecule has 0 radical (unpaired) electrons. The molecule has 4 nitrogen and oxygen atoms in total. The third-order valence-corrected chi connectivity index (χ3v) is 3.37. The van der Waals surface area contributed by atoms with Crippen molar-refractivity contribution in [3.05, 3.63) is 29.8 Å². The van der Waals surface area contributed by atoms with Gasteiger partial charge in [0.1, 0.15) is 18.5 Å². The molecule has 0 aromatic heterocycles. The van der Waals surface area contributed by atoms with Gasteiger partial charge in [-0.15, -0.1) is 0 Å². The van der Waals surface area contributed by atoms with Gasteiger partial charge in [-0.1, -0.05) is 0 Å². The van der Waals surface area contributed by atoms with Gasteiger partial charge < -0.3 is 14.7 Å². The van der Waals surface area contributed by atoms with Crippen LogP contribution < -0.4 is 4.74 Å². The summed E-state index contributed by atoms with van der Waals surface area (Å²) in [4.78, 5) is 13.4.